The van der Waals surface area contributed by atoms with Crippen molar-refractivity contribution in [3.8, 4) is 0 Å². The minimum atomic E-state index is -0.274. The number of ether oxygens (including phenoxy) is 4. The van der Waals surface area contributed by atoms with Gasteiger partial charge in [-0.2, -0.15) is 0 Å². The van der Waals surface area contributed by atoms with Crippen LogP contribution in [-0.2, 0) is 18.9 Å². The molecule has 0 bridgehead atoms. The smallest absolute Gasteiger partial charge is 0.184 e. The predicted octanol–water partition coefficient (Wildman–Crippen LogP) is 3.14. The lowest BCUT2D eigenvalue weighted by atomic mass is 10.2. The Bertz CT molecular complexity index is 230. The SMILES string of the molecule is CC(C)OCC1CCC(C(OC(C)C)OC(C)C)O1. The predicted molar refractivity (Wildman–Crippen MR) is 75.2 cm³/mol. The van der Waals surface area contributed by atoms with Crippen molar-refractivity contribution in [2.75, 3.05) is 6.61 Å². The first kappa shape index (κ1) is 16.9. The molecule has 1 heterocycles. The van der Waals surface area contributed by atoms with Crippen LogP contribution < -0.4 is 0 Å². The lowest BCUT2D eigenvalue weighted by molar-refractivity contribution is -0.233. The van der Waals surface area contributed by atoms with Crippen molar-refractivity contribution in [3.05, 3.63) is 0 Å². The third-order valence-corrected chi connectivity index (χ3v) is 2.87. The highest BCUT2D eigenvalue weighted by molar-refractivity contribution is 4.77. The average molecular weight is 274 g/mol. The quantitative estimate of drug-likeness (QED) is 0.637. The van der Waals surface area contributed by atoms with Crippen LogP contribution in [0.1, 0.15) is 54.4 Å². The van der Waals surface area contributed by atoms with Gasteiger partial charge in [0.05, 0.1) is 31.0 Å². The van der Waals surface area contributed by atoms with Crippen LogP contribution in [0.5, 0.6) is 0 Å². The monoisotopic (exact) mass is 274 g/mol. The summed E-state index contributed by atoms with van der Waals surface area (Å²) in [6.07, 6.45) is 2.41. The molecule has 1 saturated heterocycles. The second-order valence-electron chi connectivity index (χ2n) is 5.99. The second kappa shape index (κ2) is 8.20. The molecule has 0 aromatic carbocycles. The normalized spacial score (nSPS) is 24.3. The van der Waals surface area contributed by atoms with Crippen molar-refractivity contribution < 1.29 is 18.9 Å². The van der Waals surface area contributed by atoms with E-state index in [1.165, 1.54) is 0 Å². The summed E-state index contributed by atoms with van der Waals surface area (Å²) in [6, 6.07) is 0. The first-order valence-corrected chi connectivity index (χ1v) is 7.46. The van der Waals surface area contributed by atoms with Crippen LogP contribution in [0.15, 0.2) is 0 Å². The standard InChI is InChI=1S/C15H30O4/c1-10(2)16-9-13-7-8-14(19-13)15(17-11(3)4)18-12(5)6/h10-15H,7-9H2,1-6H3. The van der Waals surface area contributed by atoms with E-state index >= 15 is 0 Å². The minimum Gasteiger partial charge on any atom is -0.376 e. The fraction of sp³-hybridized carbons (Fsp3) is 1.00. The molecule has 0 radical (unpaired) electrons. The minimum absolute atomic E-state index is 0.0190. The Labute approximate surface area is 117 Å². The summed E-state index contributed by atoms with van der Waals surface area (Å²) in [5, 5.41) is 0. The molecule has 0 N–H and O–H groups in total. The zero-order chi connectivity index (χ0) is 14.4. The van der Waals surface area contributed by atoms with Gasteiger partial charge in [-0.05, 0) is 54.4 Å². The third-order valence-electron chi connectivity index (χ3n) is 2.87. The van der Waals surface area contributed by atoms with Crippen molar-refractivity contribution in [3.63, 3.8) is 0 Å². The van der Waals surface area contributed by atoms with Gasteiger partial charge in [-0.3, -0.25) is 0 Å². The molecule has 1 fully saturated rings. The van der Waals surface area contributed by atoms with E-state index in [0.29, 0.717) is 6.61 Å². The summed E-state index contributed by atoms with van der Waals surface area (Å²) < 4.78 is 23.3. The summed E-state index contributed by atoms with van der Waals surface area (Å²) in [4.78, 5) is 0. The Kier molecular flexibility index (Phi) is 7.29. The molecule has 0 amide bonds. The maximum atomic E-state index is 6.00. The van der Waals surface area contributed by atoms with Gasteiger partial charge in [0.2, 0.25) is 0 Å². The fourth-order valence-corrected chi connectivity index (χ4v) is 2.10. The Balaban J connectivity index is 2.43. The van der Waals surface area contributed by atoms with E-state index < -0.39 is 0 Å². The van der Waals surface area contributed by atoms with E-state index in [4.69, 9.17) is 18.9 Å². The molecule has 1 aliphatic rings. The highest BCUT2D eigenvalue weighted by atomic mass is 16.7. The van der Waals surface area contributed by atoms with Crippen molar-refractivity contribution in [2.24, 2.45) is 0 Å². The molecule has 2 atom stereocenters. The van der Waals surface area contributed by atoms with E-state index in [1.807, 2.05) is 41.5 Å². The number of rotatable bonds is 8. The molecular weight excluding hydrogens is 244 g/mol. The molecule has 1 rings (SSSR count). The fourth-order valence-electron chi connectivity index (χ4n) is 2.10. The average Bonchev–Trinajstić information content (AvgIpc) is 2.72. The molecule has 1 aliphatic heterocycles. The van der Waals surface area contributed by atoms with Crippen LogP contribution in [0.2, 0.25) is 0 Å². The van der Waals surface area contributed by atoms with Gasteiger partial charge in [0.1, 0.15) is 6.10 Å². The van der Waals surface area contributed by atoms with Gasteiger partial charge < -0.3 is 18.9 Å². The molecule has 4 nitrogen and oxygen atoms in total. The summed E-state index contributed by atoms with van der Waals surface area (Å²) >= 11 is 0. The summed E-state index contributed by atoms with van der Waals surface area (Å²) in [7, 11) is 0. The number of hydrogen-bond acceptors (Lipinski definition) is 4. The van der Waals surface area contributed by atoms with Crippen molar-refractivity contribution >= 4 is 0 Å². The maximum absolute atomic E-state index is 6.00. The van der Waals surface area contributed by atoms with E-state index in [9.17, 15) is 0 Å². The van der Waals surface area contributed by atoms with Crippen LogP contribution in [0.4, 0.5) is 0 Å². The lowest BCUT2D eigenvalue weighted by Gasteiger charge is -2.28. The molecule has 0 aliphatic carbocycles. The molecule has 2 unspecified atom stereocenters. The van der Waals surface area contributed by atoms with E-state index in [2.05, 4.69) is 0 Å². The molecule has 19 heavy (non-hydrogen) atoms. The summed E-state index contributed by atoms with van der Waals surface area (Å²) in [5.41, 5.74) is 0. The van der Waals surface area contributed by atoms with E-state index in [0.717, 1.165) is 12.8 Å². The molecule has 0 spiro atoms. The van der Waals surface area contributed by atoms with Gasteiger partial charge in [-0.1, -0.05) is 0 Å². The van der Waals surface area contributed by atoms with Gasteiger partial charge in [-0.15, -0.1) is 0 Å². The van der Waals surface area contributed by atoms with Crippen LogP contribution >= 0.6 is 0 Å². The van der Waals surface area contributed by atoms with E-state index in [1.54, 1.807) is 0 Å². The second-order valence-corrected chi connectivity index (χ2v) is 5.99. The first-order chi connectivity index (χ1) is 8.88. The topological polar surface area (TPSA) is 36.9 Å². The van der Waals surface area contributed by atoms with Gasteiger partial charge >= 0.3 is 0 Å². The van der Waals surface area contributed by atoms with Crippen LogP contribution in [0.3, 0.4) is 0 Å². The van der Waals surface area contributed by atoms with Gasteiger partial charge in [0.15, 0.2) is 6.29 Å². The van der Waals surface area contributed by atoms with Crippen LogP contribution in [0, 0.1) is 0 Å². The maximum Gasteiger partial charge on any atom is 0.184 e. The van der Waals surface area contributed by atoms with Crippen molar-refractivity contribution in [1.29, 1.82) is 0 Å². The molecule has 114 valence electrons. The Morgan fingerprint density at radius 1 is 0.895 bits per heavy atom. The molecule has 4 heteroatoms. The Hall–Kier alpha value is -0.160. The van der Waals surface area contributed by atoms with Gasteiger partial charge in [0.25, 0.3) is 0 Å². The Morgan fingerprint density at radius 3 is 1.95 bits per heavy atom. The summed E-state index contributed by atoms with van der Waals surface area (Å²) in [5.74, 6) is 0. The summed E-state index contributed by atoms with van der Waals surface area (Å²) in [6.45, 7) is 12.8. The van der Waals surface area contributed by atoms with Gasteiger partial charge in [0, 0.05) is 0 Å². The Morgan fingerprint density at radius 2 is 1.47 bits per heavy atom. The van der Waals surface area contributed by atoms with Crippen LogP contribution in [-0.4, -0.2) is 43.4 Å². The zero-order valence-electron chi connectivity index (χ0n) is 13.2. The lowest BCUT2D eigenvalue weighted by Crippen LogP contribution is -2.36. The third kappa shape index (κ3) is 6.70. The molecule has 0 saturated carbocycles. The van der Waals surface area contributed by atoms with Crippen molar-refractivity contribution in [1.82, 2.24) is 0 Å². The highest BCUT2D eigenvalue weighted by Crippen LogP contribution is 2.26. The molecule has 0 aromatic heterocycles. The molecular formula is C15H30O4. The largest absolute Gasteiger partial charge is 0.376 e. The van der Waals surface area contributed by atoms with Crippen LogP contribution in [0.25, 0.3) is 0 Å². The van der Waals surface area contributed by atoms with Gasteiger partial charge in [-0.25, -0.2) is 0 Å². The first-order valence-electron chi connectivity index (χ1n) is 7.46. The number of hydrogen-bond donors (Lipinski definition) is 0. The zero-order valence-corrected chi connectivity index (χ0v) is 13.2. The van der Waals surface area contributed by atoms with Crippen molar-refractivity contribution in [2.45, 2.75) is 91.2 Å². The van der Waals surface area contributed by atoms with E-state index in [-0.39, 0.29) is 36.8 Å². The molecule has 0 aromatic rings. The highest BCUT2D eigenvalue weighted by Gasteiger charge is 2.34.